The molecule has 0 saturated heterocycles. The monoisotopic (exact) mass is 423 g/mol. The Morgan fingerprint density at radius 1 is 1.29 bits per heavy atom. The molecule has 4 N–H and O–H groups in total. The number of anilines is 1. The van der Waals surface area contributed by atoms with Crippen LogP contribution in [0, 0.1) is 0 Å². The summed E-state index contributed by atoms with van der Waals surface area (Å²) in [6, 6.07) is 6.84. The molecule has 0 radical (unpaired) electrons. The highest BCUT2D eigenvalue weighted by Gasteiger charge is 2.18. The summed E-state index contributed by atoms with van der Waals surface area (Å²) in [7, 11) is 1.79. The first-order valence-corrected chi connectivity index (χ1v) is 9.15. The van der Waals surface area contributed by atoms with Gasteiger partial charge in [-0.2, -0.15) is 5.10 Å². The van der Waals surface area contributed by atoms with Gasteiger partial charge in [0.2, 0.25) is 5.95 Å². The fourth-order valence-electron chi connectivity index (χ4n) is 2.71. The lowest BCUT2D eigenvalue weighted by Gasteiger charge is -2.15. The van der Waals surface area contributed by atoms with Gasteiger partial charge < -0.3 is 20.7 Å². The molecule has 0 saturated carbocycles. The van der Waals surface area contributed by atoms with Gasteiger partial charge in [0.05, 0.1) is 12.3 Å². The first-order chi connectivity index (χ1) is 13.4. The van der Waals surface area contributed by atoms with Crippen LogP contribution in [0.25, 0.3) is 11.4 Å². The first kappa shape index (κ1) is 20.3. The Morgan fingerprint density at radius 3 is 2.79 bits per heavy atom. The van der Waals surface area contributed by atoms with Crippen molar-refractivity contribution in [2.45, 2.75) is 12.5 Å². The van der Waals surface area contributed by atoms with Crippen LogP contribution in [0.2, 0.25) is 10.2 Å². The van der Waals surface area contributed by atoms with E-state index in [0.29, 0.717) is 28.6 Å². The van der Waals surface area contributed by atoms with Crippen LogP contribution in [-0.2, 0) is 13.5 Å². The molecule has 0 bridgehead atoms. The Kier molecular flexibility index (Phi) is 6.35. The minimum absolute atomic E-state index is 0.0538. The molecule has 1 unspecified atom stereocenters. The molecule has 1 aromatic carbocycles. The number of hydrogen-bond donors (Lipinski definition) is 3. The number of aliphatic hydroxyl groups is 2. The zero-order valence-electron chi connectivity index (χ0n) is 15.0. The van der Waals surface area contributed by atoms with Gasteiger partial charge in [0.15, 0.2) is 0 Å². The maximum atomic E-state index is 9.56. The molecule has 3 aromatic rings. The van der Waals surface area contributed by atoms with Gasteiger partial charge in [0.1, 0.15) is 29.3 Å². The van der Waals surface area contributed by atoms with Crippen molar-refractivity contribution in [3.8, 4) is 17.1 Å². The highest BCUT2D eigenvalue weighted by molar-refractivity contribution is 6.31. The van der Waals surface area contributed by atoms with Crippen molar-refractivity contribution in [2.75, 3.05) is 18.9 Å². The van der Waals surface area contributed by atoms with E-state index in [0.717, 1.165) is 11.1 Å². The quantitative estimate of drug-likeness (QED) is 0.497. The van der Waals surface area contributed by atoms with Gasteiger partial charge in [0, 0.05) is 41.9 Å². The van der Waals surface area contributed by atoms with Crippen molar-refractivity contribution in [3.05, 3.63) is 51.8 Å². The van der Waals surface area contributed by atoms with E-state index in [2.05, 4.69) is 15.1 Å². The number of hydrogen-bond acceptors (Lipinski definition) is 7. The second-order valence-corrected chi connectivity index (χ2v) is 6.95. The molecule has 0 aliphatic rings. The zero-order chi connectivity index (χ0) is 20.3. The minimum Gasteiger partial charge on any atom is -0.490 e. The average molecular weight is 424 g/mol. The van der Waals surface area contributed by atoms with Crippen molar-refractivity contribution >= 4 is 29.2 Å². The van der Waals surface area contributed by atoms with Gasteiger partial charge in [-0.15, -0.1) is 0 Å². The van der Waals surface area contributed by atoms with Crippen molar-refractivity contribution in [1.29, 1.82) is 0 Å². The predicted octanol–water partition coefficient (Wildman–Crippen LogP) is 2.09. The van der Waals surface area contributed by atoms with Gasteiger partial charge in [-0.05, 0) is 12.1 Å². The number of aliphatic hydroxyl groups excluding tert-OH is 2. The molecule has 0 fully saturated rings. The van der Waals surface area contributed by atoms with Crippen molar-refractivity contribution in [2.24, 2.45) is 7.05 Å². The fraction of sp³-hybridized carbons (Fsp3) is 0.278. The Labute approximate surface area is 171 Å². The third-order valence-electron chi connectivity index (χ3n) is 3.94. The van der Waals surface area contributed by atoms with Gasteiger partial charge in [-0.3, -0.25) is 4.68 Å². The molecular formula is C18H19Cl2N5O3. The third-order valence-corrected chi connectivity index (χ3v) is 4.49. The molecule has 2 heterocycles. The number of benzene rings is 1. The smallest absolute Gasteiger partial charge is 0.222 e. The van der Waals surface area contributed by atoms with E-state index in [1.54, 1.807) is 36.0 Å². The first-order valence-electron chi connectivity index (χ1n) is 8.39. The van der Waals surface area contributed by atoms with Gasteiger partial charge >= 0.3 is 0 Å². The second-order valence-electron chi connectivity index (χ2n) is 6.15. The third kappa shape index (κ3) is 4.71. The molecule has 10 heteroatoms. The van der Waals surface area contributed by atoms with Gasteiger partial charge in [-0.25, -0.2) is 9.97 Å². The van der Waals surface area contributed by atoms with Crippen molar-refractivity contribution in [1.82, 2.24) is 19.7 Å². The lowest BCUT2D eigenvalue weighted by Crippen LogP contribution is -2.21. The Bertz CT molecular complexity index is 960. The molecule has 2 aromatic heterocycles. The van der Waals surface area contributed by atoms with Crippen LogP contribution in [0.15, 0.2) is 30.5 Å². The molecule has 1 atom stereocenters. The standard InChI is InChI=1S/C18H19Cl2N5O3/c1-25-7-10(17(24-25)14-6-16(20)23-18(21)22-14)5-12-13(19)3-2-4-15(12)28-9-11(27)8-26/h2-4,6-7,11,26-27H,5,8-9H2,1H3,(H2,21,22,23). The lowest BCUT2D eigenvalue weighted by atomic mass is 10.0. The molecule has 8 nitrogen and oxygen atoms in total. The number of nitrogen functional groups attached to an aromatic ring is 1. The zero-order valence-corrected chi connectivity index (χ0v) is 16.5. The van der Waals surface area contributed by atoms with Crippen LogP contribution in [0.5, 0.6) is 5.75 Å². The lowest BCUT2D eigenvalue weighted by molar-refractivity contribution is 0.0533. The van der Waals surface area contributed by atoms with Gasteiger partial charge in [0.25, 0.3) is 0 Å². The van der Waals surface area contributed by atoms with Crippen LogP contribution in [0.3, 0.4) is 0 Å². The molecule has 0 amide bonds. The summed E-state index contributed by atoms with van der Waals surface area (Å²) in [6.07, 6.45) is 1.26. The van der Waals surface area contributed by atoms with E-state index in [1.165, 1.54) is 0 Å². The highest BCUT2D eigenvalue weighted by Crippen LogP contribution is 2.32. The fourth-order valence-corrected chi connectivity index (χ4v) is 3.14. The van der Waals surface area contributed by atoms with E-state index in [4.69, 9.17) is 38.8 Å². The van der Waals surface area contributed by atoms with Crippen LogP contribution < -0.4 is 10.5 Å². The summed E-state index contributed by atoms with van der Waals surface area (Å²) in [5, 5.41) is 23.7. The molecule has 0 spiro atoms. The summed E-state index contributed by atoms with van der Waals surface area (Å²) in [5.41, 5.74) is 8.35. The average Bonchev–Trinajstić information content (AvgIpc) is 3.01. The minimum atomic E-state index is -0.980. The molecule has 148 valence electrons. The van der Waals surface area contributed by atoms with E-state index in [9.17, 15) is 5.11 Å². The summed E-state index contributed by atoms with van der Waals surface area (Å²) >= 11 is 12.4. The number of halogens is 2. The maximum absolute atomic E-state index is 9.56. The largest absolute Gasteiger partial charge is 0.490 e. The van der Waals surface area contributed by atoms with Crippen LogP contribution in [-0.4, -0.2) is 49.3 Å². The Morgan fingerprint density at radius 2 is 2.07 bits per heavy atom. The summed E-state index contributed by atoms with van der Waals surface area (Å²) < 4.78 is 7.30. The van der Waals surface area contributed by atoms with Crippen LogP contribution in [0.1, 0.15) is 11.1 Å². The number of ether oxygens (including phenoxy) is 1. The van der Waals surface area contributed by atoms with Crippen molar-refractivity contribution < 1.29 is 14.9 Å². The van der Waals surface area contributed by atoms with E-state index in [1.807, 2.05) is 6.20 Å². The number of aromatic nitrogens is 4. The number of rotatable bonds is 7. The van der Waals surface area contributed by atoms with Crippen LogP contribution in [0.4, 0.5) is 5.95 Å². The molecular weight excluding hydrogens is 405 g/mol. The maximum Gasteiger partial charge on any atom is 0.222 e. The van der Waals surface area contributed by atoms with E-state index in [-0.39, 0.29) is 17.7 Å². The summed E-state index contributed by atoms with van der Waals surface area (Å²) in [6.45, 7) is -0.444. The van der Waals surface area contributed by atoms with Crippen molar-refractivity contribution in [3.63, 3.8) is 0 Å². The van der Waals surface area contributed by atoms with Gasteiger partial charge in [-0.1, -0.05) is 29.3 Å². The van der Waals surface area contributed by atoms with Crippen LogP contribution >= 0.6 is 23.2 Å². The number of nitrogens with two attached hydrogens (primary N) is 1. The highest BCUT2D eigenvalue weighted by atomic mass is 35.5. The molecule has 0 aliphatic heterocycles. The number of nitrogens with zero attached hydrogens (tertiary/aromatic N) is 4. The predicted molar refractivity (Wildman–Crippen MR) is 107 cm³/mol. The molecule has 28 heavy (non-hydrogen) atoms. The Hall–Kier alpha value is -2.39. The summed E-state index contributed by atoms with van der Waals surface area (Å²) in [5.74, 6) is 0.564. The second kappa shape index (κ2) is 8.74. The van der Waals surface area contributed by atoms with E-state index >= 15 is 0 Å². The topological polar surface area (TPSA) is 119 Å². The molecule has 3 rings (SSSR count). The van der Waals surface area contributed by atoms with E-state index < -0.39 is 12.7 Å². The number of aryl methyl sites for hydroxylation is 1. The normalized spacial score (nSPS) is 12.2. The SMILES string of the molecule is Cn1cc(Cc2c(Cl)cccc2OCC(O)CO)c(-c2cc(Cl)nc(N)n2)n1. The Balaban J connectivity index is 1.97. The molecule has 0 aliphatic carbocycles. The summed E-state index contributed by atoms with van der Waals surface area (Å²) in [4.78, 5) is 8.09.